The Morgan fingerprint density at radius 2 is 1.56 bits per heavy atom. The molecule has 2 fully saturated rings. The van der Waals surface area contributed by atoms with Crippen molar-refractivity contribution in [2.75, 3.05) is 4.90 Å². The van der Waals surface area contributed by atoms with Crippen molar-refractivity contribution in [3.05, 3.63) is 100 Å². The summed E-state index contributed by atoms with van der Waals surface area (Å²) in [6, 6.07) is 17.6. The van der Waals surface area contributed by atoms with Crippen molar-refractivity contribution in [1.29, 1.82) is 0 Å². The molecule has 4 atom stereocenters. The molecule has 3 aliphatic rings. The van der Waals surface area contributed by atoms with Crippen molar-refractivity contribution in [1.82, 2.24) is 5.01 Å². The van der Waals surface area contributed by atoms with Crippen LogP contribution in [0.1, 0.15) is 27.5 Å². The fourth-order valence-electron chi connectivity index (χ4n) is 5.30. The van der Waals surface area contributed by atoms with Gasteiger partial charge in [-0.05, 0) is 59.7 Å². The van der Waals surface area contributed by atoms with Crippen LogP contribution in [0, 0.1) is 17.7 Å². The zero-order chi connectivity index (χ0) is 23.6. The maximum Gasteiger partial charge on any atom is 0.240 e. The number of ketones is 1. The predicted molar refractivity (Wildman–Crippen MR) is 124 cm³/mol. The molecule has 3 aromatic carbocycles. The molecule has 3 aliphatic heterocycles. The molecular weight excluding hydrogens is 457 g/mol. The molecule has 3 aromatic rings. The molecule has 6 rings (SSSR count). The number of halogens is 2. The number of rotatable bonds is 3. The highest BCUT2D eigenvalue weighted by atomic mass is 35.5. The van der Waals surface area contributed by atoms with E-state index >= 15 is 0 Å². The Kier molecular flexibility index (Phi) is 4.64. The number of Topliss-reactive ketones (excluding diaryl/α,β-unsaturated/α-hetero) is 1. The Labute approximate surface area is 199 Å². The van der Waals surface area contributed by atoms with Crippen LogP contribution in [0.25, 0.3) is 0 Å². The van der Waals surface area contributed by atoms with E-state index in [1.165, 1.54) is 24.3 Å². The number of benzene rings is 3. The minimum Gasteiger partial charge on any atom is -0.292 e. The molecule has 0 bridgehead atoms. The van der Waals surface area contributed by atoms with Crippen molar-refractivity contribution in [3.63, 3.8) is 0 Å². The quantitative estimate of drug-likeness (QED) is 0.421. The Morgan fingerprint density at radius 1 is 0.882 bits per heavy atom. The predicted octanol–water partition coefficient (Wildman–Crippen LogP) is 4.24. The van der Waals surface area contributed by atoms with Gasteiger partial charge >= 0.3 is 0 Å². The zero-order valence-electron chi connectivity index (χ0n) is 17.6. The maximum atomic E-state index is 13.7. The van der Waals surface area contributed by atoms with E-state index in [0.29, 0.717) is 10.7 Å². The normalized spacial score (nSPS) is 24.8. The third-order valence-corrected chi connectivity index (χ3v) is 7.03. The van der Waals surface area contributed by atoms with Crippen LogP contribution in [0.2, 0.25) is 5.02 Å². The summed E-state index contributed by atoms with van der Waals surface area (Å²) in [7, 11) is 0. The van der Waals surface area contributed by atoms with E-state index in [9.17, 15) is 18.8 Å². The Balaban J connectivity index is 1.49. The number of carbonyl (C=O) groups is 3. The molecule has 168 valence electrons. The number of fused-ring (bicyclic) bond motifs is 5. The number of hydrogen-bond donors (Lipinski definition) is 0. The third kappa shape index (κ3) is 2.93. The summed E-state index contributed by atoms with van der Waals surface area (Å²) >= 11 is 6.00. The minimum atomic E-state index is -1.00. The van der Waals surface area contributed by atoms with Crippen molar-refractivity contribution < 1.29 is 18.8 Å². The van der Waals surface area contributed by atoms with Gasteiger partial charge in [-0.1, -0.05) is 35.9 Å². The first-order valence-electron chi connectivity index (χ1n) is 10.8. The summed E-state index contributed by atoms with van der Waals surface area (Å²) < 4.78 is 13.5. The first-order valence-corrected chi connectivity index (χ1v) is 11.2. The van der Waals surface area contributed by atoms with Crippen molar-refractivity contribution >= 4 is 41.1 Å². The van der Waals surface area contributed by atoms with Crippen molar-refractivity contribution in [2.24, 2.45) is 16.9 Å². The lowest BCUT2D eigenvalue weighted by atomic mass is 9.83. The van der Waals surface area contributed by atoms with Crippen LogP contribution in [-0.2, 0) is 9.59 Å². The summed E-state index contributed by atoms with van der Waals surface area (Å²) in [4.78, 5) is 42.3. The lowest BCUT2D eigenvalue weighted by Crippen LogP contribution is -2.44. The van der Waals surface area contributed by atoms with Gasteiger partial charge in [-0.25, -0.2) is 9.29 Å². The molecule has 0 radical (unpaired) electrons. The van der Waals surface area contributed by atoms with E-state index in [-0.39, 0.29) is 17.3 Å². The van der Waals surface area contributed by atoms with Crippen LogP contribution in [0.5, 0.6) is 0 Å². The van der Waals surface area contributed by atoms with Gasteiger partial charge in [-0.15, -0.1) is 0 Å². The minimum absolute atomic E-state index is 0.255. The summed E-state index contributed by atoms with van der Waals surface area (Å²) in [6.07, 6.45) is 1.64. The second kappa shape index (κ2) is 7.60. The van der Waals surface area contributed by atoms with Crippen LogP contribution in [0.4, 0.5) is 10.1 Å². The summed E-state index contributed by atoms with van der Waals surface area (Å²) in [6.45, 7) is 0. The number of nitrogens with zero attached hydrogens (tertiary/aromatic N) is 3. The van der Waals surface area contributed by atoms with Gasteiger partial charge in [0.15, 0.2) is 5.78 Å². The molecule has 34 heavy (non-hydrogen) atoms. The molecule has 2 amide bonds. The number of hydrogen-bond acceptors (Lipinski definition) is 5. The van der Waals surface area contributed by atoms with Gasteiger partial charge in [-0.3, -0.25) is 19.4 Å². The Morgan fingerprint density at radius 3 is 2.29 bits per heavy atom. The highest BCUT2D eigenvalue weighted by molar-refractivity contribution is 6.31. The van der Waals surface area contributed by atoms with Gasteiger partial charge in [0, 0.05) is 10.6 Å². The largest absolute Gasteiger partial charge is 0.292 e. The standard InChI is InChI=1S/C26H17ClFN3O3/c27-16-7-11-18(12-8-16)30-25(33)20-21(26(30)34)23(24(32)14-5-9-17(28)10-6-14)31-22(20)19-4-2-1-3-15(19)13-29-31/h1-13,20-23H. The SMILES string of the molecule is O=C(c1ccc(F)cc1)C1C2C(=O)N(c3ccc(Cl)cc3)C(=O)C2C2c3ccccc3C=NN12. The van der Waals surface area contributed by atoms with E-state index in [1.54, 1.807) is 35.5 Å². The van der Waals surface area contributed by atoms with Crippen LogP contribution in [-0.4, -0.2) is 34.9 Å². The third-order valence-electron chi connectivity index (χ3n) is 6.78. The van der Waals surface area contributed by atoms with Crippen LogP contribution in [0.15, 0.2) is 77.9 Å². The monoisotopic (exact) mass is 473 g/mol. The molecule has 4 unspecified atom stereocenters. The highest BCUT2D eigenvalue weighted by Gasteiger charge is 2.65. The second-order valence-corrected chi connectivity index (χ2v) is 8.99. The Hall–Kier alpha value is -3.84. The molecular formula is C26H17ClFN3O3. The lowest BCUT2D eigenvalue weighted by molar-refractivity contribution is -0.124. The van der Waals surface area contributed by atoms with Crippen LogP contribution < -0.4 is 4.90 Å². The van der Waals surface area contributed by atoms with Crippen LogP contribution >= 0.6 is 11.6 Å². The van der Waals surface area contributed by atoms with Crippen molar-refractivity contribution in [3.8, 4) is 0 Å². The summed E-state index contributed by atoms with van der Waals surface area (Å²) in [5.41, 5.74) is 2.33. The fraction of sp³-hybridized carbons (Fsp3) is 0.154. The summed E-state index contributed by atoms with van der Waals surface area (Å²) in [5.74, 6) is -3.42. The molecule has 0 aromatic heterocycles. The molecule has 6 nitrogen and oxygen atoms in total. The van der Waals surface area contributed by atoms with Gasteiger partial charge in [0.05, 0.1) is 29.8 Å². The Bertz CT molecular complexity index is 1370. The summed E-state index contributed by atoms with van der Waals surface area (Å²) in [5, 5.41) is 6.57. The number of carbonyl (C=O) groups excluding carboxylic acids is 3. The molecule has 0 N–H and O–H groups in total. The average molecular weight is 474 g/mol. The topological polar surface area (TPSA) is 70.0 Å². The van der Waals surface area contributed by atoms with E-state index < -0.39 is 35.6 Å². The number of hydrazone groups is 1. The number of amides is 2. The van der Waals surface area contributed by atoms with E-state index in [4.69, 9.17) is 11.6 Å². The second-order valence-electron chi connectivity index (χ2n) is 8.55. The number of imide groups is 1. The fourth-order valence-corrected chi connectivity index (χ4v) is 5.42. The lowest BCUT2D eigenvalue weighted by Gasteiger charge is -2.33. The molecule has 0 saturated carbocycles. The first-order chi connectivity index (χ1) is 16.5. The zero-order valence-corrected chi connectivity index (χ0v) is 18.4. The first kappa shape index (κ1) is 20.7. The van der Waals surface area contributed by atoms with Gasteiger partial charge in [0.25, 0.3) is 0 Å². The molecule has 3 heterocycles. The average Bonchev–Trinajstić information content (AvgIpc) is 3.32. The molecule has 8 heteroatoms. The van der Waals surface area contributed by atoms with Crippen LogP contribution in [0.3, 0.4) is 0 Å². The molecule has 0 spiro atoms. The van der Waals surface area contributed by atoms with E-state index in [1.807, 2.05) is 24.3 Å². The van der Waals surface area contributed by atoms with Crippen molar-refractivity contribution in [2.45, 2.75) is 12.1 Å². The van der Waals surface area contributed by atoms with Gasteiger partial charge in [0.1, 0.15) is 11.9 Å². The highest BCUT2D eigenvalue weighted by Crippen LogP contribution is 2.53. The van der Waals surface area contributed by atoms with E-state index in [2.05, 4.69) is 5.10 Å². The number of anilines is 1. The van der Waals surface area contributed by atoms with E-state index in [0.717, 1.165) is 16.0 Å². The smallest absolute Gasteiger partial charge is 0.240 e. The van der Waals surface area contributed by atoms with Gasteiger partial charge in [0.2, 0.25) is 11.8 Å². The molecule has 2 saturated heterocycles. The maximum absolute atomic E-state index is 13.7. The van der Waals surface area contributed by atoms with Gasteiger partial charge < -0.3 is 0 Å². The molecule has 0 aliphatic carbocycles. The van der Waals surface area contributed by atoms with Gasteiger partial charge in [-0.2, -0.15) is 5.10 Å².